The van der Waals surface area contributed by atoms with Crippen molar-refractivity contribution in [3.05, 3.63) is 72.5 Å². The van der Waals surface area contributed by atoms with Crippen LogP contribution in [0.15, 0.2) is 71.3 Å². The molecule has 1 atom stereocenters. The van der Waals surface area contributed by atoms with E-state index in [2.05, 4.69) is 5.32 Å². The van der Waals surface area contributed by atoms with Crippen molar-refractivity contribution in [1.82, 2.24) is 5.32 Å². The van der Waals surface area contributed by atoms with Crippen molar-refractivity contribution in [2.45, 2.75) is 12.5 Å². The second-order valence-corrected chi connectivity index (χ2v) is 6.63. The lowest BCUT2D eigenvalue weighted by Crippen LogP contribution is -2.64. The van der Waals surface area contributed by atoms with Crippen LogP contribution < -0.4 is 15.0 Å². The molecule has 4 rings (SSSR count). The van der Waals surface area contributed by atoms with E-state index in [0.717, 1.165) is 16.9 Å². The molecule has 1 unspecified atom stereocenters. The van der Waals surface area contributed by atoms with Gasteiger partial charge in [0.25, 0.3) is 5.91 Å². The number of anilines is 1. The van der Waals surface area contributed by atoms with Gasteiger partial charge in [0.2, 0.25) is 5.91 Å². The molecule has 1 fully saturated rings. The Labute approximate surface area is 162 Å². The Morgan fingerprint density at radius 1 is 1.18 bits per heavy atom. The lowest BCUT2D eigenvalue weighted by atomic mass is 10.1. The fourth-order valence-corrected chi connectivity index (χ4v) is 3.17. The minimum atomic E-state index is -0.490. The number of methoxy groups -OCH3 is 1. The Morgan fingerprint density at radius 3 is 2.61 bits per heavy atom. The van der Waals surface area contributed by atoms with E-state index in [0.29, 0.717) is 18.0 Å². The molecular weight excluding hydrogens is 356 g/mol. The van der Waals surface area contributed by atoms with Crippen molar-refractivity contribution in [3.63, 3.8) is 0 Å². The van der Waals surface area contributed by atoms with Crippen LogP contribution in [0, 0.1) is 0 Å². The SMILES string of the molecule is COc1ccc(-c2cc(N3CC(NC(=O)Cc4ccccc4)C3=O)co2)cc1. The van der Waals surface area contributed by atoms with E-state index in [1.165, 1.54) is 0 Å². The summed E-state index contributed by atoms with van der Waals surface area (Å²) in [4.78, 5) is 26.2. The smallest absolute Gasteiger partial charge is 0.251 e. The average Bonchev–Trinajstić information content (AvgIpc) is 3.20. The summed E-state index contributed by atoms with van der Waals surface area (Å²) in [6.07, 6.45) is 1.82. The second-order valence-electron chi connectivity index (χ2n) is 6.63. The summed E-state index contributed by atoms with van der Waals surface area (Å²) in [5, 5.41) is 2.79. The number of benzene rings is 2. The predicted molar refractivity (Wildman–Crippen MR) is 105 cm³/mol. The van der Waals surface area contributed by atoms with Crippen LogP contribution in [0.25, 0.3) is 11.3 Å². The van der Waals surface area contributed by atoms with E-state index in [-0.39, 0.29) is 18.2 Å². The van der Waals surface area contributed by atoms with Gasteiger partial charge in [0.05, 0.1) is 25.8 Å². The number of carbonyl (C=O) groups is 2. The summed E-state index contributed by atoms with van der Waals surface area (Å²) in [5.74, 6) is 1.14. The fraction of sp³-hybridized carbons (Fsp3) is 0.182. The summed E-state index contributed by atoms with van der Waals surface area (Å²) in [6.45, 7) is 0.431. The van der Waals surface area contributed by atoms with Gasteiger partial charge in [-0.15, -0.1) is 0 Å². The zero-order chi connectivity index (χ0) is 19.5. The van der Waals surface area contributed by atoms with Gasteiger partial charge in [-0.25, -0.2) is 0 Å². The third kappa shape index (κ3) is 3.62. The van der Waals surface area contributed by atoms with Crippen LogP contribution in [-0.4, -0.2) is 31.5 Å². The number of hydrogen-bond acceptors (Lipinski definition) is 4. The van der Waals surface area contributed by atoms with Gasteiger partial charge in [0, 0.05) is 11.6 Å². The Bertz CT molecular complexity index is 979. The highest BCUT2D eigenvalue weighted by Gasteiger charge is 2.39. The van der Waals surface area contributed by atoms with Crippen molar-refractivity contribution in [2.75, 3.05) is 18.6 Å². The molecular formula is C22H20N2O4. The molecule has 0 radical (unpaired) electrons. The number of carbonyl (C=O) groups excluding carboxylic acids is 2. The predicted octanol–water partition coefficient (Wildman–Crippen LogP) is 3.03. The van der Waals surface area contributed by atoms with Gasteiger partial charge in [-0.05, 0) is 29.8 Å². The number of rotatable bonds is 6. The molecule has 1 aromatic heterocycles. The van der Waals surface area contributed by atoms with Crippen molar-refractivity contribution in [3.8, 4) is 17.1 Å². The molecule has 0 spiro atoms. The van der Waals surface area contributed by atoms with Crippen LogP contribution in [0.3, 0.4) is 0 Å². The molecule has 1 aliphatic heterocycles. The first-order valence-electron chi connectivity index (χ1n) is 9.01. The number of ether oxygens (including phenoxy) is 1. The number of β-lactam (4-membered cyclic amide) rings is 1. The maximum absolute atomic E-state index is 12.4. The average molecular weight is 376 g/mol. The second kappa shape index (κ2) is 7.60. The molecule has 0 aliphatic carbocycles. The number of furan rings is 1. The maximum Gasteiger partial charge on any atom is 0.251 e. The van der Waals surface area contributed by atoms with Crippen LogP contribution in [-0.2, 0) is 16.0 Å². The summed E-state index contributed by atoms with van der Waals surface area (Å²) < 4.78 is 10.8. The maximum atomic E-state index is 12.4. The Kier molecular flexibility index (Phi) is 4.85. The molecule has 0 saturated carbocycles. The van der Waals surface area contributed by atoms with Crippen LogP contribution in [0.5, 0.6) is 5.75 Å². The molecule has 2 heterocycles. The van der Waals surface area contributed by atoms with E-state index in [4.69, 9.17) is 9.15 Å². The topological polar surface area (TPSA) is 71.8 Å². The first-order valence-corrected chi connectivity index (χ1v) is 9.01. The van der Waals surface area contributed by atoms with E-state index in [1.807, 2.05) is 60.7 Å². The van der Waals surface area contributed by atoms with Gasteiger partial charge in [0.1, 0.15) is 23.8 Å². The van der Waals surface area contributed by atoms with Gasteiger partial charge >= 0.3 is 0 Å². The lowest BCUT2D eigenvalue weighted by molar-refractivity contribution is -0.130. The van der Waals surface area contributed by atoms with Crippen LogP contribution in [0.2, 0.25) is 0 Å². The monoisotopic (exact) mass is 376 g/mol. The summed E-state index contributed by atoms with van der Waals surface area (Å²) >= 11 is 0. The Hall–Kier alpha value is -3.54. The minimum Gasteiger partial charge on any atom is -0.497 e. The molecule has 6 heteroatoms. The van der Waals surface area contributed by atoms with Crippen molar-refractivity contribution < 1.29 is 18.7 Å². The third-order valence-electron chi connectivity index (χ3n) is 4.74. The van der Waals surface area contributed by atoms with Gasteiger partial charge < -0.3 is 19.4 Å². The quantitative estimate of drug-likeness (QED) is 0.672. The molecule has 1 N–H and O–H groups in total. The number of nitrogens with zero attached hydrogens (tertiary/aromatic N) is 1. The summed E-state index contributed by atoms with van der Waals surface area (Å²) in [6, 6.07) is 18.3. The van der Waals surface area contributed by atoms with Crippen LogP contribution >= 0.6 is 0 Å². The van der Waals surface area contributed by atoms with Gasteiger partial charge in [-0.1, -0.05) is 30.3 Å². The highest BCUT2D eigenvalue weighted by atomic mass is 16.5. The summed E-state index contributed by atoms with van der Waals surface area (Å²) in [5.41, 5.74) is 2.50. The van der Waals surface area contributed by atoms with Crippen molar-refractivity contribution in [2.24, 2.45) is 0 Å². The zero-order valence-corrected chi connectivity index (χ0v) is 15.4. The minimum absolute atomic E-state index is 0.136. The molecule has 0 bridgehead atoms. The molecule has 1 aliphatic rings. The van der Waals surface area contributed by atoms with Gasteiger partial charge in [0.15, 0.2) is 0 Å². The number of nitrogens with one attached hydrogen (secondary N) is 1. The first kappa shape index (κ1) is 17.9. The summed E-state index contributed by atoms with van der Waals surface area (Å²) in [7, 11) is 1.62. The molecule has 28 heavy (non-hydrogen) atoms. The van der Waals surface area contributed by atoms with E-state index < -0.39 is 6.04 Å². The normalized spacial score (nSPS) is 15.8. The molecule has 3 aromatic rings. The Balaban J connectivity index is 1.35. The van der Waals surface area contributed by atoms with E-state index in [1.54, 1.807) is 18.3 Å². The standard InChI is InChI=1S/C22H20N2O4/c1-27-18-9-7-16(8-10-18)20-12-17(14-28-20)24-13-19(22(24)26)23-21(25)11-15-5-3-2-4-6-15/h2-10,12,14,19H,11,13H2,1H3,(H,23,25). The van der Waals surface area contributed by atoms with Crippen molar-refractivity contribution >= 4 is 17.5 Å². The first-order chi connectivity index (χ1) is 13.6. The van der Waals surface area contributed by atoms with E-state index in [9.17, 15) is 9.59 Å². The van der Waals surface area contributed by atoms with E-state index >= 15 is 0 Å². The molecule has 6 nitrogen and oxygen atoms in total. The molecule has 2 amide bonds. The molecule has 1 saturated heterocycles. The van der Waals surface area contributed by atoms with Crippen LogP contribution in [0.1, 0.15) is 5.56 Å². The van der Waals surface area contributed by atoms with Crippen LogP contribution in [0.4, 0.5) is 5.69 Å². The zero-order valence-electron chi connectivity index (χ0n) is 15.4. The van der Waals surface area contributed by atoms with Crippen molar-refractivity contribution in [1.29, 1.82) is 0 Å². The lowest BCUT2D eigenvalue weighted by Gasteiger charge is -2.37. The molecule has 142 valence electrons. The third-order valence-corrected chi connectivity index (χ3v) is 4.74. The Morgan fingerprint density at radius 2 is 1.93 bits per heavy atom. The highest BCUT2D eigenvalue weighted by molar-refractivity contribution is 6.06. The number of amides is 2. The fourth-order valence-electron chi connectivity index (χ4n) is 3.17. The van der Waals surface area contributed by atoms with Gasteiger partial charge in [-0.2, -0.15) is 0 Å². The van der Waals surface area contributed by atoms with Gasteiger partial charge in [-0.3, -0.25) is 9.59 Å². The highest BCUT2D eigenvalue weighted by Crippen LogP contribution is 2.31. The largest absolute Gasteiger partial charge is 0.497 e. The molecule has 2 aromatic carbocycles. The number of hydrogen-bond donors (Lipinski definition) is 1.